The summed E-state index contributed by atoms with van der Waals surface area (Å²) in [5.41, 5.74) is 6.83. The summed E-state index contributed by atoms with van der Waals surface area (Å²) in [5, 5.41) is 2.60. The Kier molecular flexibility index (Phi) is 21.2. The first-order valence-corrected chi connectivity index (χ1v) is 17.7. The number of hydrogen-bond donors (Lipinski definition) is 2. The van der Waals surface area contributed by atoms with Crippen molar-refractivity contribution in [1.82, 2.24) is 5.32 Å². The fraction of sp³-hybridized carbons (Fsp3) is 0.300. The number of hydrogen-bond acceptors (Lipinski definition) is 8. The minimum absolute atomic E-state index is 0.169. The minimum atomic E-state index is -0.796. The molecule has 0 saturated carbocycles. The highest BCUT2D eigenvalue weighted by atomic mass is 79.9. The highest BCUT2D eigenvalue weighted by molar-refractivity contribution is 9.10. The van der Waals surface area contributed by atoms with E-state index >= 15 is 0 Å². The molecule has 2 unspecified atom stereocenters. The Morgan fingerprint density at radius 3 is 1.47 bits per heavy atom. The van der Waals surface area contributed by atoms with Crippen molar-refractivity contribution in [2.24, 2.45) is 5.73 Å². The summed E-state index contributed by atoms with van der Waals surface area (Å²) in [5.74, 6) is 0.257. The quantitative estimate of drug-likeness (QED) is 0.0701. The molecule has 0 aliphatic heterocycles. The number of primary amides is 1. The van der Waals surface area contributed by atoms with E-state index in [0.717, 1.165) is 36.8 Å². The van der Waals surface area contributed by atoms with Gasteiger partial charge < -0.3 is 30.0 Å². The molecule has 0 bridgehead atoms. The standard InChI is InChI=1S/C20H23NO4.C13H17BrO2.C7H7NO2/c1-2-3-14-24-19(22)18(15-16-10-6-4-7-11-16)21-20(23)25-17-12-8-5-9-13-17;1-2-3-9-16-13(15)12(14)10-11-7-5-4-6-8-11;8-7(9)10-6-4-2-1-3-5-6/h4-13,18H,2-3,14-15H2,1H3,(H,21,23);4-8,12H,2-3,9-10H2,1H3;1-5H,(H2,8,9). The lowest BCUT2D eigenvalue weighted by atomic mass is 10.1. The van der Waals surface area contributed by atoms with Gasteiger partial charge in [-0.3, -0.25) is 4.79 Å². The van der Waals surface area contributed by atoms with Crippen molar-refractivity contribution in [1.29, 1.82) is 0 Å². The number of halogens is 1. The van der Waals surface area contributed by atoms with Gasteiger partial charge in [-0.15, -0.1) is 0 Å². The zero-order valence-electron chi connectivity index (χ0n) is 29.1. The van der Waals surface area contributed by atoms with Gasteiger partial charge in [-0.25, -0.2) is 14.4 Å². The lowest BCUT2D eigenvalue weighted by Crippen LogP contribution is -2.44. The van der Waals surface area contributed by atoms with Crippen molar-refractivity contribution >= 4 is 40.1 Å². The van der Waals surface area contributed by atoms with Crippen LogP contribution in [0.4, 0.5) is 9.59 Å². The van der Waals surface area contributed by atoms with Gasteiger partial charge in [0.1, 0.15) is 22.4 Å². The maximum absolute atomic E-state index is 12.3. The zero-order valence-corrected chi connectivity index (χ0v) is 30.7. The summed E-state index contributed by atoms with van der Waals surface area (Å²) in [6.45, 7) is 4.95. The molecule has 2 atom stereocenters. The first kappa shape index (κ1) is 42.0. The van der Waals surface area contributed by atoms with Crippen LogP contribution in [0.25, 0.3) is 0 Å². The lowest BCUT2D eigenvalue weighted by Gasteiger charge is -2.17. The summed E-state index contributed by atoms with van der Waals surface area (Å²) >= 11 is 3.36. The fourth-order valence-electron chi connectivity index (χ4n) is 4.14. The Morgan fingerprint density at radius 2 is 1.02 bits per heavy atom. The Bertz CT molecular complexity index is 1540. The molecule has 0 aliphatic carbocycles. The second-order valence-corrected chi connectivity index (χ2v) is 12.1. The van der Waals surface area contributed by atoms with Crippen LogP contribution in [0.2, 0.25) is 0 Å². The zero-order chi connectivity index (χ0) is 37.1. The monoisotopic (exact) mass is 762 g/mol. The number of nitrogens with two attached hydrogens (primary N) is 1. The highest BCUT2D eigenvalue weighted by Gasteiger charge is 2.24. The molecular weight excluding hydrogens is 716 g/mol. The second kappa shape index (κ2) is 25.8. The first-order chi connectivity index (χ1) is 24.7. The number of para-hydroxylation sites is 2. The number of carbonyl (C=O) groups is 4. The van der Waals surface area contributed by atoms with Crippen molar-refractivity contribution in [3.8, 4) is 11.5 Å². The second-order valence-electron chi connectivity index (χ2n) is 11.0. The van der Waals surface area contributed by atoms with E-state index in [2.05, 4.69) is 32.9 Å². The molecule has 51 heavy (non-hydrogen) atoms. The van der Waals surface area contributed by atoms with Crippen molar-refractivity contribution in [2.45, 2.75) is 63.2 Å². The normalized spacial score (nSPS) is 11.1. The fourth-order valence-corrected chi connectivity index (χ4v) is 4.65. The van der Waals surface area contributed by atoms with Crippen LogP contribution in [0, 0.1) is 0 Å². The van der Waals surface area contributed by atoms with Crippen LogP contribution in [0.5, 0.6) is 11.5 Å². The molecular formula is C40H47BrN2O8. The van der Waals surface area contributed by atoms with Gasteiger partial charge in [0.2, 0.25) is 0 Å². The number of benzene rings is 4. The van der Waals surface area contributed by atoms with E-state index in [1.807, 2.05) is 79.7 Å². The SMILES string of the molecule is CCCCOC(=O)C(Br)Cc1ccccc1.CCCCOC(=O)C(Cc1ccccc1)NC(=O)Oc1ccccc1.NC(=O)Oc1ccccc1. The van der Waals surface area contributed by atoms with E-state index in [0.29, 0.717) is 37.6 Å². The first-order valence-electron chi connectivity index (χ1n) is 16.8. The van der Waals surface area contributed by atoms with Crippen LogP contribution in [0.3, 0.4) is 0 Å². The lowest BCUT2D eigenvalue weighted by molar-refractivity contribution is -0.146. The van der Waals surface area contributed by atoms with Crippen LogP contribution in [-0.2, 0) is 31.9 Å². The topological polar surface area (TPSA) is 143 Å². The molecule has 272 valence electrons. The van der Waals surface area contributed by atoms with Gasteiger partial charge in [-0.05, 0) is 54.7 Å². The molecule has 0 aromatic heterocycles. The Balaban J connectivity index is 0.000000295. The molecule has 3 N–H and O–H groups in total. The average Bonchev–Trinajstić information content (AvgIpc) is 3.13. The summed E-state index contributed by atoms with van der Waals surface area (Å²) in [6.07, 6.45) is 3.24. The van der Waals surface area contributed by atoms with Gasteiger partial charge in [0, 0.05) is 6.42 Å². The Morgan fingerprint density at radius 1 is 0.608 bits per heavy atom. The molecule has 0 saturated heterocycles. The van der Waals surface area contributed by atoms with Gasteiger partial charge in [-0.2, -0.15) is 0 Å². The summed E-state index contributed by atoms with van der Waals surface area (Å²) in [4.78, 5) is 45.9. The van der Waals surface area contributed by atoms with E-state index in [4.69, 9.17) is 19.9 Å². The predicted molar refractivity (Wildman–Crippen MR) is 201 cm³/mol. The maximum atomic E-state index is 12.3. The number of esters is 2. The van der Waals surface area contributed by atoms with Crippen LogP contribution < -0.4 is 20.5 Å². The Labute approximate surface area is 308 Å². The molecule has 4 rings (SSSR count). The smallest absolute Gasteiger partial charge is 0.413 e. The van der Waals surface area contributed by atoms with Gasteiger partial charge >= 0.3 is 24.1 Å². The summed E-state index contributed by atoms with van der Waals surface area (Å²) in [6, 6.07) is 36.0. The van der Waals surface area contributed by atoms with Crippen LogP contribution in [-0.4, -0.2) is 48.2 Å². The van der Waals surface area contributed by atoms with Crippen LogP contribution in [0.15, 0.2) is 121 Å². The number of ether oxygens (including phenoxy) is 4. The molecule has 0 heterocycles. The van der Waals surface area contributed by atoms with Crippen molar-refractivity contribution in [2.75, 3.05) is 13.2 Å². The van der Waals surface area contributed by atoms with E-state index < -0.39 is 24.2 Å². The van der Waals surface area contributed by atoms with E-state index in [9.17, 15) is 19.2 Å². The third-order valence-electron chi connectivity index (χ3n) is 6.77. The van der Waals surface area contributed by atoms with Gasteiger partial charge in [0.05, 0.1) is 13.2 Å². The molecule has 0 fully saturated rings. The number of carbonyl (C=O) groups excluding carboxylic acids is 4. The summed E-state index contributed by atoms with van der Waals surface area (Å²) in [7, 11) is 0. The third kappa shape index (κ3) is 19.6. The molecule has 0 radical (unpaired) electrons. The molecule has 4 aromatic rings. The number of unbranched alkanes of at least 4 members (excludes halogenated alkanes) is 2. The van der Waals surface area contributed by atoms with Gasteiger partial charge in [-0.1, -0.05) is 140 Å². The van der Waals surface area contributed by atoms with Crippen molar-refractivity contribution < 1.29 is 38.1 Å². The Hall–Kier alpha value is -5.16. The molecule has 10 nitrogen and oxygen atoms in total. The minimum Gasteiger partial charge on any atom is -0.465 e. The molecule has 0 spiro atoms. The van der Waals surface area contributed by atoms with Crippen LogP contribution >= 0.6 is 15.9 Å². The van der Waals surface area contributed by atoms with E-state index in [1.54, 1.807) is 48.5 Å². The van der Waals surface area contributed by atoms with Gasteiger partial charge in [0.15, 0.2) is 0 Å². The van der Waals surface area contributed by atoms with E-state index in [1.165, 1.54) is 0 Å². The molecule has 0 aliphatic rings. The van der Waals surface area contributed by atoms with E-state index in [-0.39, 0.29) is 10.8 Å². The van der Waals surface area contributed by atoms with Crippen LogP contribution in [0.1, 0.15) is 50.7 Å². The highest BCUT2D eigenvalue weighted by Crippen LogP contribution is 2.13. The summed E-state index contributed by atoms with van der Waals surface area (Å²) < 4.78 is 20.1. The number of rotatable bonds is 15. The molecule has 4 aromatic carbocycles. The largest absolute Gasteiger partial charge is 0.465 e. The van der Waals surface area contributed by atoms with Crippen molar-refractivity contribution in [3.63, 3.8) is 0 Å². The average molecular weight is 764 g/mol. The maximum Gasteiger partial charge on any atom is 0.413 e. The van der Waals surface area contributed by atoms with Crippen molar-refractivity contribution in [3.05, 3.63) is 132 Å². The third-order valence-corrected chi connectivity index (χ3v) is 7.47. The number of alkyl halides is 1. The number of amides is 2. The molecule has 11 heteroatoms. The predicted octanol–water partition coefficient (Wildman–Crippen LogP) is 8.21. The van der Waals surface area contributed by atoms with Gasteiger partial charge in [0.25, 0.3) is 0 Å². The molecule has 2 amide bonds. The number of nitrogens with one attached hydrogen (secondary N) is 1.